The first-order valence-electron chi connectivity index (χ1n) is 11.6. The van der Waals surface area contributed by atoms with Gasteiger partial charge in [-0.15, -0.1) is 11.3 Å². The van der Waals surface area contributed by atoms with Crippen molar-refractivity contribution in [1.82, 2.24) is 9.97 Å². The number of carbonyl (C=O) groups is 1. The smallest absolute Gasteiger partial charge is 0.418 e. The molecule has 1 amide bonds. The number of alkyl halides is 3. The van der Waals surface area contributed by atoms with Crippen LogP contribution in [0.25, 0.3) is 22.0 Å². The van der Waals surface area contributed by atoms with Gasteiger partial charge in [0.15, 0.2) is 11.7 Å². The third-order valence-electron chi connectivity index (χ3n) is 5.72. The van der Waals surface area contributed by atoms with Gasteiger partial charge in [-0.05, 0) is 53.6 Å². The summed E-state index contributed by atoms with van der Waals surface area (Å²) < 4.78 is 72.8. The number of nitrogens with zero attached hydrogens (tertiary/aromatic N) is 2. The van der Waals surface area contributed by atoms with E-state index in [4.69, 9.17) is 4.74 Å². The van der Waals surface area contributed by atoms with Crippen LogP contribution in [-0.2, 0) is 21.0 Å². The average Bonchev–Trinajstić information content (AvgIpc) is 3.44. The molecule has 0 unspecified atom stereocenters. The predicted octanol–water partition coefficient (Wildman–Crippen LogP) is 6.20. The number of hydrogen-bond donors (Lipinski definition) is 2. The van der Waals surface area contributed by atoms with Gasteiger partial charge in [0.1, 0.15) is 5.75 Å². The molecule has 204 valence electrons. The molecule has 0 radical (unpaired) electrons. The van der Waals surface area contributed by atoms with Gasteiger partial charge in [0.25, 0.3) is 15.9 Å². The standard InChI is InChI=1S/C27H19F3N4O4S2/c28-27(29,30)22-3-1-2-21-23(12-13-31-25(21)22)38-16-24(35)33-19-8-4-17(5-9-19)18-6-10-20(11-7-18)40(36,37)34-26-32-14-15-39-26/h1-15H,16H2,(H,32,34)(H,33,35). The number of para-hydroxylation sites is 1. The summed E-state index contributed by atoms with van der Waals surface area (Å²) in [4.78, 5) is 20.3. The Morgan fingerprint density at radius 1 is 0.900 bits per heavy atom. The van der Waals surface area contributed by atoms with Crippen molar-refractivity contribution < 1.29 is 31.1 Å². The normalized spacial score (nSPS) is 11.8. The molecular weight excluding hydrogens is 565 g/mol. The lowest BCUT2D eigenvalue weighted by Crippen LogP contribution is -2.20. The van der Waals surface area contributed by atoms with Crippen molar-refractivity contribution in [3.8, 4) is 16.9 Å². The molecule has 2 heterocycles. The minimum Gasteiger partial charge on any atom is -0.483 e. The molecule has 0 fully saturated rings. The molecule has 0 spiro atoms. The topological polar surface area (TPSA) is 110 Å². The second-order valence-corrected chi connectivity index (χ2v) is 11.0. The van der Waals surface area contributed by atoms with E-state index in [1.165, 1.54) is 54.1 Å². The number of thiazole rings is 1. The van der Waals surface area contributed by atoms with Gasteiger partial charge in [-0.25, -0.2) is 13.4 Å². The summed E-state index contributed by atoms with van der Waals surface area (Å²) in [5.41, 5.74) is 0.878. The zero-order valence-corrected chi connectivity index (χ0v) is 22.0. The van der Waals surface area contributed by atoms with E-state index in [0.717, 1.165) is 17.2 Å². The van der Waals surface area contributed by atoms with Crippen LogP contribution >= 0.6 is 11.3 Å². The van der Waals surface area contributed by atoms with Gasteiger partial charge < -0.3 is 10.1 Å². The van der Waals surface area contributed by atoms with Crippen molar-refractivity contribution in [3.05, 3.63) is 96.1 Å². The van der Waals surface area contributed by atoms with E-state index in [9.17, 15) is 26.4 Å². The largest absolute Gasteiger partial charge is 0.483 e. The van der Waals surface area contributed by atoms with Gasteiger partial charge in [-0.1, -0.05) is 30.3 Å². The first kappa shape index (κ1) is 27.1. The number of rotatable bonds is 8. The van der Waals surface area contributed by atoms with E-state index in [1.807, 2.05) is 0 Å². The maximum atomic E-state index is 13.3. The van der Waals surface area contributed by atoms with E-state index in [-0.39, 0.29) is 26.7 Å². The highest BCUT2D eigenvalue weighted by molar-refractivity contribution is 7.93. The maximum Gasteiger partial charge on any atom is 0.418 e. The molecule has 0 saturated heterocycles. The minimum atomic E-state index is -4.58. The molecule has 5 rings (SSSR count). The van der Waals surface area contributed by atoms with Crippen LogP contribution in [0.4, 0.5) is 24.0 Å². The number of benzene rings is 3. The van der Waals surface area contributed by atoms with E-state index in [1.54, 1.807) is 41.8 Å². The summed E-state index contributed by atoms with van der Waals surface area (Å²) >= 11 is 1.17. The molecule has 2 N–H and O–H groups in total. The number of ether oxygens (including phenoxy) is 1. The van der Waals surface area contributed by atoms with Crippen LogP contribution in [0.1, 0.15) is 5.56 Å². The molecule has 0 aliphatic rings. The van der Waals surface area contributed by atoms with E-state index < -0.39 is 34.3 Å². The Balaban J connectivity index is 1.21. The molecule has 0 atom stereocenters. The van der Waals surface area contributed by atoms with Crippen LogP contribution in [0.2, 0.25) is 0 Å². The zero-order valence-electron chi connectivity index (χ0n) is 20.3. The summed E-state index contributed by atoms with van der Waals surface area (Å²) in [7, 11) is -3.76. The van der Waals surface area contributed by atoms with Gasteiger partial charge in [-0.2, -0.15) is 13.2 Å². The summed E-state index contributed by atoms with van der Waals surface area (Å²) in [5, 5.41) is 4.76. The number of aromatic nitrogens is 2. The molecular formula is C27H19F3N4O4S2. The summed E-state index contributed by atoms with van der Waals surface area (Å²) in [6.07, 6.45) is -1.87. The van der Waals surface area contributed by atoms with Crippen LogP contribution in [0, 0.1) is 0 Å². The number of pyridine rings is 1. The monoisotopic (exact) mass is 584 g/mol. The van der Waals surface area contributed by atoms with Crippen LogP contribution in [0.5, 0.6) is 5.75 Å². The third kappa shape index (κ3) is 6.05. The number of amides is 1. The van der Waals surface area contributed by atoms with E-state index in [0.29, 0.717) is 5.69 Å². The lowest BCUT2D eigenvalue weighted by Gasteiger charge is -2.13. The number of nitrogens with one attached hydrogen (secondary N) is 2. The highest BCUT2D eigenvalue weighted by Gasteiger charge is 2.33. The first-order valence-corrected chi connectivity index (χ1v) is 14.0. The quantitative estimate of drug-likeness (QED) is 0.225. The second-order valence-electron chi connectivity index (χ2n) is 8.39. The maximum absolute atomic E-state index is 13.3. The molecule has 0 aliphatic carbocycles. The Morgan fingerprint density at radius 2 is 1.60 bits per heavy atom. The molecule has 5 aromatic rings. The molecule has 3 aromatic carbocycles. The summed E-state index contributed by atoms with van der Waals surface area (Å²) in [6, 6.07) is 18.2. The summed E-state index contributed by atoms with van der Waals surface area (Å²) in [6.45, 7) is -0.428. The zero-order chi connectivity index (χ0) is 28.3. The number of fused-ring (bicyclic) bond motifs is 1. The Bertz CT molecular complexity index is 1760. The van der Waals surface area contributed by atoms with Crippen LogP contribution in [-0.4, -0.2) is 30.9 Å². The van der Waals surface area contributed by atoms with Crippen molar-refractivity contribution >= 4 is 49.0 Å². The van der Waals surface area contributed by atoms with Crippen molar-refractivity contribution in [2.75, 3.05) is 16.6 Å². The molecule has 40 heavy (non-hydrogen) atoms. The molecule has 2 aromatic heterocycles. The number of anilines is 2. The van der Waals surface area contributed by atoms with Crippen LogP contribution < -0.4 is 14.8 Å². The average molecular weight is 585 g/mol. The highest BCUT2D eigenvalue weighted by atomic mass is 32.2. The van der Waals surface area contributed by atoms with E-state index in [2.05, 4.69) is 20.0 Å². The van der Waals surface area contributed by atoms with Gasteiger partial charge in [0.05, 0.1) is 16.0 Å². The highest BCUT2D eigenvalue weighted by Crippen LogP contribution is 2.36. The Hall–Kier alpha value is -4.49. The fraction of sp³-hybridized carbons (Fsp3) is 0.0741. The fourth-order valence-corrected chi connectivity index (χ4v) is 5.65. The first-order chi connectivity index (χ1) is 19.1. The second kappa shape index (κ2) is 10.9. The molecule has 0 bridgehead atoms. The molecule has 0 saturated carbocycles. The van der Waals surface area contributed by atoms with Crippen LogP contribution in [0.3, 0.4) is 0 Å². The number of halogens is 3. The van der Waals surface area contributed by atoms with Crippen molar-refractivity contribution in [1.29, 1.82) is 0 Å². The molecule has 0 aliphatic heterocycles. The molecule has 8 nitrogen and oxygen atoms in total. The summed E-state index contributed by atoms with van der Waals surface area (Å²) in [5.74, 6) is -0.402. The van der Waals surface area contributed by atoms with Crippen molar-refractivity contribution in [2.45, 2.75) is 11.1 Å². The minimum absolute atomic E-state index is 0.0898. The third-order valence-corrected chi connectivity index (χ3v) is 7.89. The number of sulfonamides is 1. The lowest BCUT2D eigenvalue weighted by molar-refractivity contribution is -0.136. The number of carbonyl (C=O) groups excluding carboxylic acids is 1. The van der Waals surface area contributed by atoms with Gasteiger partial charge in [-0.3, -0.25) is 14.5 Å². The van der Waals surface area contributed by atoms with Crippen LogP contribution in [0.15, 0.2) is 95.5 Å². The Labute approximate surface area is 230 Å². The fourth-order valence-electron chi connectivity index (χ4n) is 3.87. The van der Waals surface area contributed by atoms with Gasteiger partial charge in [0.2, 0.25) is 0 Å². The predicted molar refractivity (Wildman–Crippen MR) is 146 cm³/mol. The number of hydrogen-bond acceptors (Lipinski definition) is 7. The van der Waals surface area contributed by atoms with Gasteiger partial charge >= 0.3 is 6.18 Å². The van der Waals surface area contributed by atoms with Gasteiger partial charge in [0, 0.05) is 28.8 Å². The Morgan fingerprint density at radius 3 is 2.25 bits per heavy atom. The Kier molecular flexibility index (Phi) is 7.41. The lowest BCUT2D eigenvalue weighted by atomic mass is 10.1. The van der Waals surface area contributed by atoms with Crippen molar-refractivity contribution in [2.24, 2.45) is 0 Å². The molecule has 13 heteroatoms. The van der Waals surface area contributed by atoms with E-state index >= 15 is 0 Å². The van der Waals surface area contributed by atoms with Crippen molar-refractivity contribution in [3.63, 3.8) is 0 Å². The SMILES string of the molecule is O=C(COc1ccnc2c(C(F)(F)F)cccc12)Nc1ccc(-c2ccc(S(=O)(=O)Nc3nccs3)cc2)cc1.